The molecule has 0 spiro atoms. The highest BCUT2D eigenvalue weighted by atomic mass is 16.5. The molecule has 1 aliphatic rings. The van der Waals surface area contributed by atoms with Crippen LogP contribution in [0.25, 0.3) is 10.8 Å². The molecular formula is C24H23N3O4. The molecule has 3 aromatic carbocycles. The summed E-state index contributed by atoms with van der Waals surface area (Å²) >= 11 is 0. The van der Waals surface area contributed by atoms with Crippen LogP contribution in [0.15, 0.2) is 66.7 Å². The van der Waals surface area contributed by atoms with E-state index in [0.717, 1.165) is 15.7 Å². The summed E-state index contributed by atoms with van der Waals surface area (Å²) in [5.41, 5.74) is -0.00660. The summed E-state index contributed by atoms with van der Waals surface area (Å²) in [5, 5.41) is 7.32. The van der Waals surface area contributed by atoms with E-state index in [9.17, 15) is 14.4 Å². The number of benzene rings is 3. The molecular weight excluding hydrogens is 394 g/mol. The number of rotatable bonds is 6. The summed E-state index contributed by atoms with van der Waals surface area (Å²) in [7, 11) is 0. The molecule has 4 rings (SSSR count). The van der Waals surface area contributed by atoms with Crippen molar-refractivity contribution in [3.8, 4) is 5.75 Å². The molecule has 0 saturated carbocycles. The van der Waals surface area contributed by atoms with Crippen molar-refractivity contribution in [2.24, 2.45) is 0 Å². The Morgan fingerprint density at radius 2 is 1.74 bits per heavy atom. The van der Waals surface area contributed by atoms with E-state index in [-0.39, 0.29) is 6.54 Å². The van der Waals surface area contributed by atoms with Gasteiger partial charge in [0.15, 0.2) is 0 Å². The van der Waals surface area contributed by atoms with Gasteiger partial charge in [-0.05, 0) is 54.4 Å². The average Bonchev–Trinajstić information content (AvgIpc) is 2.98. The fourth-order valence-corrected chi connectivity index (χ4v) is 3.83. The van der Waals surface area contributed by atoms with Gasteiger partial charge >= 0.3 is 6.03 Å². The van der Waals surface area contributed by atoms with Crippen LogP contribution in [-0.2, 0) is 15.1 Å². The lowest BCUT2D eigenvalue weighted by molar-refractivity contribution is -0.133. The number of urea groups is 1. The number of carbonyl (C=O) groups excluding carboxylic acids is 3. The predicted molar refractivity (Wildman–Crippen MR) is 118 cm³/mol. The highest BCUT2D eigenvalue weighted by Gasteiger charge is 2.50. The lowest BCUT2D eigenvalue weighted by Crippen LogP contribution is -2.42. The fourth-order valence-electron chi connectivity index (χ4n) is 3.83. The van der Waals surface area contributed by atoms with Crippen molar-refractivity contribution in [1.82, 2.24) is 10.2 Å². The lowest BCUT2D eigenvalue weighted by Gasteiger charge is -2.24. The molecule has 1 heterocycles. The second-order valence-corrected chi connectivity index (χ2v) is 7.48. The summed E-state index contributed by atoms with van der Waals surface area (Å²) in [6.07, 6.45) is 0. The van der Waals surface area contributed by atoms with E-state index in [4.69, 9.17) is 4.74 Å². The Labute approximate surface area is 180 Å². The first-order valence-electron chi connectivity index (χ1n) is 10.1. The molecule has 158 valence electrons. The van der Waals surface area contributed by atoms with Crippen molar-refractivity contribution in [3.05, 3.63) is 72.3 Å². The first-order chi connectivity index (χ1) is 14.9. The zero-order valence-electron chi connectivity index (χ0n) is 17.3. The maximum Gasteiger partial charge on any atom is 0.325 e. The molecule has 0 aromatic heterocycles. The fraction of sp³-hybridized carbons (Fsp3) is 0.208. The van der Waals surface area contributed by atoms with Gasteiger partial charge in [0.2, 0.25) is 5.91 Å². The van der Waals surface area contributed by atoms with E-state index in [2.05, 4.69) is 10.6 Å². The summed E-state index contributed by atoms with van der Waals surface area (Å²) in [4.78, 5) is 39.3. The van der Waals surface area contributed by atoms with E-state index >= 15 is 0 Å². The van der Waals surface area contributed by atoms with Gasteiger partial charge < -0.3 is 15.4 Å². The molecule has 0 bridgehead atoms. The van der Waals surface area contributed by atoms with Gasteiger partial charge in [0.25, 0.3) is 5.91 Å². The van der Waals surface area contributed by atoms with Crippen molar-refractivity contribution >= 4 is 34.3 Å². The number of anilines is 1. The van der Waals surface area contributed by atoms with E-state index in [1.165, 1.54) is 0 Å². The molecule has 4 amide bonds. The molecule has 1 saturated heterocycles. The molecule has 7 heteroatoms. The zero-order valence-corrected chi connectivity index (χ0v) is 17.3. The number of nitrogens with one attached hydrogen (secondary N) is 2. The number of carbonyl (C=O) groups is 3. The third kappa shape index (κ3) is 3.82. The predicted octanol–water partition coefficient (Wildman–Crippen LogP) is 3.64. The monoisotopic (exact) mass is 417 g/mol. The van der Waals surface area contributed by atoms with Crippen LogP contribution in [0.5, 0.6) is 5.75 Å². The molecule has 1 aliphatic heterocycles. The number of hydrogen-bond acceptors (Lipinski definition) is 4. The first-order valence-corrected chi connectivity index (χ1v) is 10.1. The Kier molecular flexibility index (Phi) is 5.33. The minimum atomic E-state index is -1.25. The molecule has 0 unspecified atom stereocenters. The van der Waals surface area contributed by atoms with Gasteiger partial charge in [0.05, 0.1) is 6.61 Å². The number of fused-ring (bicyclic) bond motifs is 1. The van der Waals surface area contributed by atoms with Crippen LogP contribution >= 0.6 is 0 Å². The van der Waals surface area contributed by atoms with Crippen molar-refractivity contribution in [3.63, 3.8) is 0 Å². The maximum atomic E-state index is 13.2. The molecule has 0 aliphatic carbocycles. The smallest absolute Gasteiger partial charge is 0.325 e. The van der Waals surface area contributed by atoms with Gasteiger partial charge in [-0.2, -0.15) is 0 Å². The average molecular weight is 417 g/mol. The SMILES string of the molecule is CCOc1ccc(NC(=O)CN2C(=O)N[C@](C)(c3cccc4ccccc34)C2=O)cc1. The van der Waals surface area contributed by atoms with Crippen LogP contribution in [0.1, 0.15) is 19.4 Å². The van der Waals surface area contributed by atoms with Gasteiger partial charge in [0, 0.05) is 5.69 Å². The maximum absolute atomic E-state index is 13.2. The third-order valence-electron chi connectivity index (χ3n) is 5.35. The van der Waals surface area contributed by atoms with Crippen LogP contribution in [0, 0.1) is 0 Å². The van der Waals surface area contributed by atoms with E-state index in [0.29, 0.717) is 23.6 Å². The number of ether oxygens (including phenoxy) is 1. The topological polar surface area (TPSA) is 87.7 Å². The van der Waals surface area contributed by atoms with Gasteiger partial charge in [-0.3, -0.25) is 14.5 Å². The number of imide groups is 1. The molecule has 1 fully saturated rings. The normalized spacial score (nSPS) is 18.2. The first kappa shape index (κ1) is 20.4. The highest BCUT2D eigenvalue weighted by molar-refractivity contribution is 6.11. The second-order valence-electron chi connectivity index (χ2n) is 7.48. The van der Waals surface area contributed by atoms with Gasteiger partial charge in [-0.25, -0.2) is 4.79 Å². The molecule has 2 N–H and O–H groups in total. The van der Waals surface area contributed by atoms with Gasteiger partial charge in [-0.15, -0.1) is 0 Å². The summed E-state index contributed by atoms with van der Waals surface area (Å²) in [6.45, 7) is 3.73. The quantitative estimate of drug-likeness (QED) is 0.600. The highest BCUT2D eigenvalue weighted by Crippen LogP contribution is 2.33. The summed E-state index contributed by atoms with van der Waals surface area (Å²) < 4.78 is 5.38. The van der Waals surface area contributed by atoms with Crippen LogP contribution in [0.4, 0.5) is 10.5 Å². The molecule has 31 heavy (non-hydrogen) atoms. The zero-order chi connectivity index (χ0) is 22.0. The Morgan fingerprint density at radius 1 is 1.03 bits per heavy atom. The van der Waals surface area contributed by atoms with Gasteiger partial charge in [0.1, 0.15) is 17.8 Å². The van der Waals surface area contributed by atoms with Gasteiger partial charge in [-0.1, -0.05) is 42.5 Å². The Balaban J connectivity index is 1.52. The van der Waals surface area contributed by atoms with Crippen molar-refractivity contribution in [2.45, 2.75) is 19.4 Å². The number of nitrogens with zero attached hydrogens (tertiary/aromatic N) is 1. The molecule has 1 atom stereocenters. The molecule has 0 radical (unpaired) electrons. The minimum absolute atomic E-state index is 0.377. The summed E-state index contributed by atoms with van der Waals surface area (Å²) in [6, 6.07) is 19.6. The number of amides is 4. The lowest BCUT2D eigenvalue weighted by atomic mass is 9.88. The largest absolute Gasteiger partial charge is 0.494 e. The Morgan fingerprint density at radius 3 is 2.48 bits per heavy atom. The van der Waals surface area contributed by atoms with Crippen LogP contribution in [0.2, 0.25) is 0 Å². The molecule has 3 aromatic rings. The van der Waals surface area contributed by atoms with Crippen molar-refractivity contribution in [1.29, 1.82) is 0 Å². The van der Waals surface area contributed by atoms with E-state index < -0.39 is 23.4 Å². The second kappa shape index (κ2) is 8.10. The summed E-state index contributed by atoms with van der Waals surface area (Å²) in [5.74, 6) is -0.231. The Hall–Kier alpha value is -3.87. The third-order valence-corrected chi connectivity index (χ3v) is 5.35. The van der Waals surface area contributed by atoms with Crippen molar-refractivity contribution in [2.75, 3.05) is 18.5 Å². The van der Waals surface area contributed by atoms with Crippen LogP contribution in [0.3, 0.4) is 0 Å². The van der Waals surface area contributed by atoms with E-state index in [1.54, 1.807) is 31.2 Å². The Bertz CT molecular complexity index is 1150. The van der Waals surface area contributed by atoms with Crippen molar-refractivity contribution < 1.29 is 19.1 Å². The van der Waals surface area contributed by atoms with Crippen LogP contribution < -0.4 is 15.4 Å². The number of hydrogen-bond donors (Lipinski definition) is 2. The minimum Gasteiger partial charge on any atom is -0.494 e. The molecule has 7 nitrogen and oxygen atoms in total. The van der Waals surface area contributed by atoms with E-state index in [1.807, 2.05) is 49.4 Å². The van der Waals surface area contributed by atoms with Crippen LogP contribution in [-0.4, -0.2) is 35.9 Å². The standard InChI is InChI=1S/C24H23N3O4/c1-3-31-18-13-11-17(12-14-18)25-21(28)15-27-22(29)24(2,26-23(27)30)20-10-6-8-16-7-4-5-9-19(16)20/h4-14H,3,15H2,1-2H3,(H,25,28)(H,26,30)/t24-/m1/s1.